The van der Waals surface area contributed by atoms with Crippen molar-refractivity contribution in [2.75, 3.05) is 0 Å². The summed E-state index contributed by atoms with van der Waals surface area (Å²) in [6.45, 7) is 1.73. The van der Waals surface area contributed by atoms with Crippen LogP contribution >= 0.6 is 0 Å². The quantitative estimate of drug-likeness (QED) is 0.385. The Morgan fingerprint density at radius 2 is 1.74 bits per heavy atom. The lowest BCUT2D eigenvalue weighted by atomic mass is 10.1. The molecule has 0 amide bonds. The summed E-state index contributed by atoms with van der Waals surface area (Å²) >= 11 is 0. The van der Waals surface area contributed by atoms with Crippen LogP contribution in [0.4, 0.5) is 0 Å². The van der Waals surface area contributed by atoms with Crippen molar-refractivity contribution in [3.63, 3.8) is 0 Å². The second kappa shape index (κ2) is 6.27. The molecule has 2 rings (SSSR count). The largest absolute Gasteiger partial charge is 0.411 e. The van der Waals surface area contributed by atoms with E-state index in [1.807, 2.05) is 42.5 Å². The fourth-order valence-corrected chi connectivity index (χ4v) is 1.49. The molecule has 3 heteroatoms. The van der Waals surface area contributed by atoms with Gasteiger partial charge in [0.05, 0.1) is 5.71 Å². The summed E-state index contributed by atoms with van der Waals surface area (Å²) in [5, 5.41) is 11.8. The van der Waals surface area contributed by atoms with Crippen LogP contribution in [0.1, 0.15) is 18.1 Å². The molecular weight excluding hydrogens is 238 g/mol. The minimum absolute atomic E-state index is 0.557. The van der Waals surface area contributed by atoms with E-state index in [2.05, 4.69) is 17.2 Å². The minimum atomic E-state index is 0.557. The van der Waals surface area contributed by atoms with Gasteiger partial charge < -0.3 is 9.94 Å². The summed E-state index contributed by atoms with van der Waals surface area (Å²) in [6, 6.07) is 16.8. The van der Waals surface area contributed by atoms with Crippen LogP contribution in [0.25, 0.3) is 0 Å². The predicted octanol–water partition coefficient (Wildman–Crippen LogP) is 3.27. The van der Waals surface area contributed by atoms with Gasteiger partial charge in [0.1, 0.15) is 11.9 Å². The molecule has 0 aliphatic carbocycles. The van der Waals surface area contributed by atoms with Crippen molar-refractivity contribution in [1.29, 1.82) is 0 Å². The third-order valence-corrected chi connectivity index (χ3v) is 2.56. The molecule has 0 saturated heterocycles. The molecule has 0 atom stereocenters. The van der Waals surface area contributed by atoms with Gasteiger partial charge in [0.15, 0.2) is 0 Å². The Hall–Kier alpha value is -2.73. The van der Waals surface area contributed by atoms with E-state index in [-0.39, 0.29) is 0 Å². The lowest BCUT2D eigenvalue weighted by Crippen LogP contribution is -1.93. The first-order valence-electron chi connectivity index (χ1n) is 5.81. The summed E-state index contributed by atoms with van der Waals surface area (Å²) in [5.41, 5.74) is 2.30. The average Bonchev–Trinajstić information content (AvgIpc) is 2.48. The fraction of sp³-hybridized carbons (Fsp3) is 0.0625. The van der Waals surface area contributed by atoms with Crippen molar-refractivity contribution >= 4 is 5.71 Å². The van der Waals surface area contributed by atoms with Crippen molar-refractivity contribution in [3.8, 4) is 17.8 Å². The molecule has 1 N–H and O–H groups in total. The zero-order valence-electron chi connectivity index (χ0n) is 10.5. The van der Waals surface area contributed by atoms with E-state index in [1.165, 1.54) is 0 Å². The van der Waals surface area contributed by atoms with Crippen LogP contribution in [0.15, 0.2) is 59.8 Å². The molecule has 2 aromatic carbocycles. The first-order valence-corrected chi connectivity index (χ1v) is 5.81. The number of benzene rings is 2. The van der Waals surface area contributed by atoms with Gasteiger partial charge in [0.2, 0.25) is 0 Å². The lowest BCUT2D eigenvalue weighted by Gasteiger charge is -2.00. The molecule has 0 saturated carbocycles. The summed E-state index contributed by atoms with van der Waals surface area (Å²) in [5.74, 6) is 3.56. The van der Waals surface area contributed by atoms with Crippen molar-refractivity contribution in [2.24, 2.45) is 5.16 Å². The molecule has 0 spiro atoms. The Labute approximate surface area is 112 Å². The first-order chi connectivity index (χ1) is 9.29. The Morgan fingerprint density at radius 3 is 2.37 bits per heavy atom. The molecular formula is C16H13NO2. The maximum absolute atomic E-state index is 8.66. The van der Waals surface area contributed by atoms with Gasteiger partial charge in [-0.2, -0.15) is 0 Å². The summed E-state index contributed by atoms with van der Waals surface area (Å²) in [7, 11) is 0. The molecule has 3 nitrogen and oxygen atoms in total. The van der Waals surface area contributed by atoms with Gasteiger partial charge >= 0.3 is 0 Å². The van der Waals surface area contributed by atoms with Crippen molar-refractivity contribution in [3.05, 3.63) is 65.7 Å². The highest BCUT2D eigenvalue weighted by Gasteiger charge is 1.98. The average molecular weight is 251 g/mol. The van der Waals surface area contributed by atoms with Gasteiger partial charge in [0.25, 0.3) is 0 Å². The summed E-state index contributed by atoms with van der Waals surface area (Å²) in [6.07, 6.45) is 2.65. The van der Waals surface area contributed by atoms with Gasteiger partial charge in [-0.1, -0.05) is 23.4 Å². The van der Waals surface area contributed by atoms with Crippen LogP contribution in [0, 0.1) is 12.0 Å². The smallest absolute Gasteiger partial charge is 0.140 e. The van der Waals surface area contributed by atoms with Crippen LogP contribution in [-0.2, 0) is 0 Å². The first kappa shape index (κ1) is 12.7. The monoisotopic (exact) mass is 251 g/mol. The standard InChI is InChI=1S/C16H13NO2/c1-13(17-18)15-7-9-16(10-8-15)19-12-11-14-5-3-2-4-6-14/h2-10,18H,1H3/b17-13+. The number of hydrogen-bond donors (Lipinski definition) is 1. The number of oxime groups is 1. The Kier molecular flexibility index (Phi) is 4.20. The van der Waals surface area contributed by atoms with E-state index in [0.717, 1.165) is 11.1 Å². The van der Waals surface area contributed by atoms with Crippen LogP contribution in [0.5, 0.6) is 5.75 Å². The Balaban J connectivity index is 2.03. The normalized spacial score (nSPS) is 10.5. The Morgan fingerprint density at radius 1 is 1.05 bits per heavy atom. The van der Waals surface area contributed by atoms with Gasteiger partial charge in [0, 0.05) is 5.56 Å². The molecule has 0 unspecified atom stereocenters. The second-order valence-electron chi connectivity index (χ2n) is 3.90. The lowest BCUT2D eigenvalue weighted by molar-refractivity contribution is 0.319. The van der Waals surface area contributed by atoms with Crippen LogP contribution < -0.4 is 4.74 Å². The van der Waals surface area contributed by atoms with Crippen molar-refractivity contribution in [1.82, 2.24) is 0 Å². The van der Waals surface area contributed by atoms with E-state index in [9.17, 15) is 0 Å². The van der Waals surface area contributed by atoms with Crippen molar-refractivity contribution < 1.29 is 9.94 Å². The van der Waals surface area contributed by atoms with E-state index < -0.39 is 0 Å². The maximum Gasteiger partial charge on any atom is 0.140 e. The van der Waals surface area contributed by atoms with Gasteiger partial charge in [-0.05, 0) is 54.8 Å². The zero-order chi connectivity index (χ0) is 13.5. The predicted molar refractivity (Wildman–Crippen MR) is 74.4 cm³/mol. The fourth-order valence-electron chi connectivity index (χ4n) is 1.49. The molecule has 19 heavy (non-hydrogen) atoms. The van der Waals surface area contributed by atoms with Gasteiger partial charge in [-0.15, -0.1) is 0 Å². The number of nitrogens with zero attached hydrogens (tertiary/aromatic N) is 1. The number of rotatable bonds is 2. The number of hydrogen-bond acceptors (Lipinski definition) is 3. The molecule has 0 bridgehead atoms. The second-order valence-corrected chi connectivity index (χ2v) is 3.90. The molecule has 0 aliphatic heterocycles. The molecule has 0 heterocycles. The summed E-state index contributed by atoms with van der Waals surface area (Å²) < 4.78 is 5.31. The van der Waals surface area contributed by atoms with Crippen LogP contribution in [-0.4, -0.2) is 10.9 Å². The van der Waals surface area contributed by atoms with E-state index in [4.69, 9.17) is 9.94 Å². The van der Waals surface area contributed by atoms with E-state index >= 15 is 0 Å². The number of ether oxygens (including phenoxy) is 1. The summed E-state index contributed by atoms with van der Waals surface area (Å²) in [4.78, 5) is 0. The minimum Gasteiger partial charge on any atom is -0.411 e. The highest BCUT2D eigenvalue weighted by atomic mass is 16.5. The van der Waals surface area contributed by atoms with Crippen molar-refractivity contribution in [2.45, 2.75) is 6.92 Å². The Bertz CT molecular complexity index is 619. The van der Waals surface area contributed by atoms with E-state index in [1.54, 1.807) is 19.1 Å². The highest BCUT2D eigenvalue weighted by Crippen LogP contribution is 2.12. The van der Waals surface area contributed by atoms with Crippen LogP contribution in [0.3, 0.4) is 0 Å². The highest BCUT2D eigenvalue weighted by molar-refractivity contribution is 5.98. The SMILES string of the molecule is C/C(=N\O)c1ccc(OC#Cc2ccccc2)cc1. The van der Waals surface area contributed by atoms with Crippen LogP contribution in [0.2, 0.25) is 0 Å². The molecule has 0 aromatic heterocycles. The topological polar surface area (TPSA) is 41.8 Å². The maximum atomic E-state index is 8.66. The molecule has 0 aliphatic rings. The molecule has 2 aromatic rings. The van der Waals surface area contributed by atoms with Gasteiger partial charge in [-0.3, -0.25) is 0 Å². The third-order valence-electron chi connectivity index (χ3n) is 2.56. The van der Waals surface area contributed by atoms with E-state index in [0.29, 0.717) is 11.5 Å². The van der Waals surface area contributed by atoms with Gasteiger partial charge in [-0.25, -0.2) is 0 Å². The third kappa shape index (κ3) is 3.62. The molecule has 0 radical (unpaired) electrons. The zero-order valence-corrected chi connectivity index (χ0v) is 10.5. The molecule has 0 fully saturated rings. The molecule has 94 valence electrons.